The van der Waals surface area contributed by atoms with Gasteiger partial charge in [-0.3, -0.25) is 37.3 Å². The second-order valence-corrected chi connectivity index (χ2v) is 32.9. The molecule has 0 amide bonds. The van der Waals surface area contributed by atoms with Crippen LogP contribution in [-0.2, 0) is 65.4 Å². The molecule has 588 valence electrons. The molecule has 3 N–H and O–H groups in total. The van der Waals surface area contributed by atoms with E-state index in [1.165, 1.54) is 218 Å². The Morgan fingerprint density at radius 1 is 0.293 bits per heavy atom. The van der Waals surface area contributed by atoms with Crippen LogP contribution in [0.4, 0.5) is 0 Å². The molecule has 0 saturated heterocycles. The van der Waals surface area contributed by atoms with Gasteiger partial charge < -0.3 is 33.8 Å². The third kappa shape index (κ3) is 72.8. The Bertz CT molecular complexity index is 1920. The van der Waals surface area contributed by atoms with Crippen molar-refractivity contribution in [3.05, 3.63) is 0 Å². The van der Waals surface area contributed by atoms with Gasteiger partial charge in [-0.15, -0.1) is 0 Å². The van der Waals surface area contributed by atoms with Crippen molar-refractivity contribution in [1.82, 2.24) is 0 Å². The lowest BCUT2D eigenvalue weighted by Gasteiger charge is -2.21. The van der Waals surface area contributed by atoms with Gasteiger partial charge in [0.05, 0.1) is 26.4 Å². The fourth-order valence-electron chi connectivity index (χ4n) is 12.3. The number of rotatable bonds is 78. The van der Waals surface area contributed by atoms with Crippen LogP contribution in [0.5, 0.6) is 0 Å². The van der Waals surface area contributed by atoms with Crippen LogP contribution in [0.25, 0.3) is 0 Å². The van der Waals surface area contributed by atoms with Gasteiger partial charge in [-0.25, -0.2) is 9.13 Å². The first kappa shape index (κ1) is 97.1. The van der Waals surface area contributed by atoms with Crippen molar-refractivity contribution in [2.24, 2.45) is 17.8 Å². The molecule has 0 spiro atoms. The zero-order valence-corrected chi connectivity index (χ0v) is 66.8. The van der Waals surface area contributed by atoms with Crippen molar-refractivity contribution < 1.29 is 80.2 Å². The number of phosphoric ester groups is 2. The standard InChI is InChI=1S/C80H156O17P2/c1-8-10-11-12-13-14-15-16-17-20-23-29-34-39-47-54-61-77(82)90-67-75(96-79(84)63-56-49-40-35-30-24-21-18-19-22-27-32-37-44-51-58-71(3)4)69-94-98(86,87)92-65-74(81)66-93-99(88,89)95-70-76(68-91-78(83)62-55-48-43-42-46-53-60-73(7)9-2)97-80(85)64-57-50-41-36-31-26-25-28-33-38-45-52-59-72(5)6/h71-76,81H,8-70H2,1-7H3,(H,86,87)(H,88,89)/t73?,74-,75-,76-/m1/s1. The third-order valence-corrected chi connectivity index (χ3v) is 20.9. The molecule has 0 aliphatic rings. The van der Waals surface area contributed by atoms with Crippen molar-refractivity contribution in [1.29, 1.82) is 0 Å². The molecule has 0 bridgehead atoms. The van der Waals surface area contributed by atoms with Gasteiger partial charge in [0.25, 0.3) is 0 Å². The number of hydrogen-bond donors (Lipinski definition) is 3. The molecule has 0 rings (SSSR count). The van der Waals surface area contributed by atoms with Crippen LogP contribution in [-0.4, -0.2) is 96.7 Å². The number of unbranched alkanes of at least 4 members (excludes halogenated alkanes) is 45. The molecule has 0 aliphatic carbocycles. The normalized spacial score (nSPS) is 14.3. The molecule has 0 aromatic heterocycles. The van der Waals surface area contributed by atoms with Crippen molar-refractivity contribution in [3.8, 4) is 0 Å². The molecular formula is C80H156O17P2. The van der Waals surface area contributed by atoms with Crippen LogP contribution in [0, 0.1) is 17.8 Å². The average molecular weight is 1450 g/mol. The Kier molecular flexibility index (Phi) is 69.0. The number of carbonyl (C=O) groups is 4. The van der Waals surface area contributed by atoms with Crippen molar-refractivity contribution in [2.45, 2.75) is 433 Å². The molecule has 0 aromatic rings. The van der Waals surface area contributed by atoms with E-state index in [0.29, 0.717) is 25.7 Å². The molecule has 0 saturated carbocycles. The molecule has 0 aliphatic heterocycles. The summed E-state index contributed by atoms with van der Waals surface area (Å²) in [6.45, 7) is 11.9. The molecule has 99 heavy (non-hydrogen) atoms. The maximum Gasteiger partial charge on any atom is 0.472 e. The summed E-state index contributed by atoms with van der Waals surface area (Å²) in [5.74, 6) is 0.198. The highest BCUT2D eigenvalue weighted by Crippen LogP contribution is 2.45. The molecule has 3 unspecified atom stereocenters. The van der Waals surface area contributed by atoms with Crippen molar-refractivity contribution in [3.63, 3.8) is 0 Å². The summed E-state index contributed by atoms with van der Waals surface area (Å²) >= 11 is 0. The fourth-order valence-corrected chi connectivity index (χ4v) is 13.9. The van der Waals surface area contributed by atoms with Crippen LogP contribution in [0.2, 0.25) is 0 Å². The summed E-state index contributed by atoms with van der Waals surface area (Å²) in [6, 6.07) is 0. The number of esters is 4. The lowest BCUT2D eigenvalue weighted by molar-refractivity contribution is -0.161. The molecule has 17 nitrogen and oxygen atoms in total. The molecule has 19 heteroatoms. The predicted molar refractivity (Wildman–Crippen MR) is 405 cm³/mol. The molecular weight excluding hydrogens is 1290 g/mol. The highest BCUT2D eigenvalue weighted by atomic mass is 31.2. The minimum Gasteiger partial charge on any atom is -0.462 e. The Morgan fingerprint density at radius 2 is 0.515 bits per heavy atom. The van der Waals surface area contributed by atoms with Gasteiger partial charge in [0.2, 0.25) is 0 Å². The second kappa shape index (κ2) is 70.4. The summed E-state index contributed by atoms with van der Waals surface area (Å²) in [5.41, 5.74) is 0. The quantitative estimate of drug-likeness (QED) is 0.0222. The van der Waals surface area contributed by atoms with E-state index in [9.17, 15) is 43.2 Å². The van der Waals surface area contributed by atoms with Gasteiger partial charge in [0, 0.05) is 25.7 Å². The number of aliphatic hydroxyl groups is 1. The first-order valence-corrected chi connectivity index (χ1v) is 44.4. The van der Waals surface area contributed by atoms with Gasteiger partial charge in [0.15, 0.2) is 12.2 Å². The minimum absolute atomic E-state index is 0.106. The number of aliphatic hydroxyl groups excluding tert-OH is 1. The van der Waals surface area contributed by atoms with Crippen LogP contribution >= 0.6 is 15.6 Å². The largest absolute Gasteiger partial charge is 0.472 e. The second-order valence-electron chi connectivity index (χ2n) is 30.0. The maximum absolute atomic E-state index is 13.1. The van der Waals surface area contributed by atoms with E-state index < -0.39 is 97.5 Å². The Morgan fingerprint density at radius 3 is 0.768 bits per heavy atom. The predicted octanol–water partition coefficient (Wildman–Crippen LogP) is 23.7. The number of carbonyl (C=O) groups excluding carboxylic acids is 4. The number of hydrogen-bond acceptors (Lipinski definition) is 15. The average Bonchev–Trinajstić information content (AvgIpc) is 1.26. The van der Waals surface area contributed by atoms with Gasteiger partial charge in [-0.05, 0) is 43.4 Å². The van der Waals surface area contributed by atoms with E-state index in [4.69, 9.17) is 37.0 Å². The highest BCUT2D eigenvalue weighted by Gasteiger charge is 2.30. The number of ether oxygens (including phenoxy) is 4. The first-order chi connectivity index (χ1) is 47.8. The Hall–Kier alpha value is -1.94. The summed E-state index contributed by atoms with van der Waals surface area (Å²) in [7, 11) is -9.92. The number of phosphoric acid groups is 2. The van der Waals surface area contributed by atoms with E-state index in [2.05, 4.69) is 48.5 Å². The summed E-state index contributed by atoms with van der Waals surface area (Å²) in [5, 5.41) is 10.6. The smallest absolute Gasteiger partial charge is 0.462 e. The molecule has 0 heterocycles. The van der Waals surface area contributed by atoms with Gasteiger partial charge in [0.1, 0.15) is 19.3 Å². The third-order valence-electron chi connectivity index (χ3n) is 19.0. The van der Waals surface area contributed by atoms with E-state index >= 15 is 0 Å². The molecule has 0 aromatic carbocycles. The zero-order chi connectivity index (χ0) is 73.0. The van der Waals surface area contributed by atoms with Crippen LogP contribution in [0.1, 0.15) is 414 Å². The van der Waals surface area contributed by atoms with Crippen LogP contribution in [0.3, 0.4) is 0 Å². The van der Waals surface area contributed by atoms with Crippen LogP contribution in [0.15, 0.2) is 0 Å². The monoisotopic (exact) mass is 1450 g/mol. The van der Waals surface area contributed by atoms with Crippen molar-refractivity contribution >= 4 is 39.5 Å². The minimum atomic E-state index is -4.96. The summed E-state index contributed by atoms with van der Waals surface area (Å²) < 4.78 is 68.7. The summed E-state index contributed by atoms with van der Waals surface area (Å²) in [6.07, 6.45) is 58.2. The summed E-state index contributed by atoms with van der Waals surface area (Å²) in [4.78, 5) is 73.0. The van der Waals surface area contributed by atoms with E-state index in [-0.39, 0.29) is 25.7 Å². The van der Waals surface area contributed by atoms with Crippen LogP contribution < -0.4 is 0 Å². The Balaban J connectivity index is 5.25. The van der Waals surface area contributed by atoms with Crippen molar-refractivity contribution in [2.75, 3.05) is 39.6 Å². The fraction of sp³-hybridized carbons (Fsp3) is 0.950. The topological polar surface area (TPSA) is 237 Å². The van der Waals surface area contributed by atoms with Gasteiger partial charge in [-0.2, -0.15) is 0 Å². The highest BCUT2D eigenvalue weighted by molar-refractivity contribution is 7.47. The van der Waals surface area contributed by atoms with E-state index in [0.717, 1.165) is 114 Å². The van der Waals surface area contributed by atoms with E-state index in [1.54, 1.807) is 0 Å². The van der Waals surface area contributed by atoms with Gasteiger partial charge >= 0.3 is 39.5 Å². The van der Waals surface area contributed by atoms with E-state index in [1.807, 2.05) is 0 Å². The maximum atomic E-state index is 13.1. The molecule has 0 radical (unpaired) electrons. The lowest BCUT2D eigenvalue weighted by atomic mass is 10.00. The SMILES string of the molecule is CCCCCCCCCCCCCCCCCCC(=O)OC[C@H](COP(=O)(O)OC[C@@H](O)COP(=O)(O)OC[C@@H](COC(=O)CCCCCCCCC(C)CC)OC(=O)CCCCCCCCCCCCCCC(C)C)OC(=O)CCCCCCCCCCCCCCCCCC(C)C. The zero-order valence-electron chi connectivity index (χ0n) is 65.0. The molecule has 0 fully saturated rings. The van der Waals surface area contributed by atoms with Gasteiger partial charge in [-0.1, -0.05) is 363 Å². The first-order valence-electron chi connectivity index (χ1n) is 41.4. The Labute approximate surface area is 607 Å². The lowest BCUT2D eigenvalue weighted by Crippen LogP contribution is -2.30. The molecule has 6 atom stereocenters.